The van der Waals surface area contributed by atoms with Gasteiger partial charge in [-0.05, 0) is 95.2 Å². The first-order valence-corrected chi connectivity index (χ1v) is 20.8. The molecule has 62 heavy (non-hydrogen) atoms. The lowest BCUT2D eigenvalue weighted by molar-refractivity contribution is 0.601. The van der Waals surface area contributed by atoms with Gasteiger partial charge in [-0.3, -0.25) is 0 Å². The first-order valence-electron chi connectivity index (χ1n) is 20.8. The molecule has 11 aromatic rings. The zero-order chi connectivity index (χ0) is 41.6. The average Bonchev–Trinajstić information content (AvgIpc) is 4.01. The second kappa shape index (κ2) is 15.4. The molecule has 0 aliphatic carbocycles. The highest BCUT2D eigenvalue weighted by atomic mass is 16.3. The largest absolute Gasteiger partial charge is 0.456 e. The van der Waals surface area contributed by atoms with Crippen LogP contribution < -0.4 is 4.90 Å². The molecular formula is C58H40N2O2. The first kappa shape index (κ1) is 36.7. The Labute approximate surface area is 359 Å². The Morgan fingerprint density at radius 1 is 0.516 bits per heavy atom. The number of anilines is 3. The maximum atomic E-state index is 6.70. The highest BCUT2D eigenvalue weighted by Crippen LogP contribution is 2.43. The Kier molecular flexibility index (Phi) is 9.10. The number of aromatic nitrogens is 1. The van der Waals surface area contributed by atoms with Gasteiger partial charge in [0.05, 0.1) is 16.7 Å². The Bertz CT molecular complexity index is 3470. The summed E-state index contributed by atoms with van der Waals surface area (Å²) in [6.45, 7) is 8.22. The summed E-state index contributed by atoms with van der Waals surface area (Å²) in [6.07, 6.45) is 9.86. The molecule has 0 aliphatic rings. The average molecular weight is 797 g/mol. The molecule has 0 saturated carbocycles. The predicted octanol–water partition coefficient (Wildman–Crippen LogP) is 16.3. The van der Waals surface area contributed by atoms with Gasteiger partial charge in [0.2, 0.25) is 0 Å². The molecule has 11 rings (SSSR count). The summed E-state index contributed by atoms with van der Waals surface area (Å²) in [4.78, 5) is 2.34. The maximum absolute atomic E-state index is 6.70. The molecule has 0 radical (unpaired) electrons. The first-order chi connectivity index (χ1) is 30.6. The number of furan rings is 2. The van der Waals surface area contributed by atoms with Gasteiger partial charge in [0, 0.05) is 55.3 Å². The fourth-order valence-electron chi connectivity index (χ4n) is 8.90. The van der Waals surface area contributed by atoms with Gasteiger partial charge >= 0.3 is 0 Å². The van der Waals surface area contributed by atoms with E-state index in [0.29, 0.717) is 0 Å². The molecule has 3 heterocycles. The number of para-hydroxylation sites is 4. The maximum Gasteiger partial charge on any atom is 0.136 e. The van der Waals surface area contributed by atoms with Crippen molar-refractivity contribution in [2.75, 3.05) is 4.90 Å². The third kappa shape index (κ3) is 6.34. The van der Waals surface area contributed by atoms with Crippen molar-refractivity contribution in [3.8, 4) is 5.69 Å². The molecule has 4 nitrogen and oxygen atoms in total. The van der Waals surface area contributed by atoms with Gasteiger partial charge in [0.1, 0.15) is 22.7 Å². The van der Waals surface area contributed by atoms with Crippen LogP contribution in [0.2, 0.25) is 0 Å². The number of benzene rings is 8. The highest BCUT2D eigenvalue weighted by molar-refractivity contribution is 6.09. The summed E-state index contributed by atoms with van der Waals surface area (Å²) >= 11 is 0. The summed E-state index contributed by atoms with van der Waals surface area (Å²) < 4.78 is 15.3. The van der Waals surface area contributed by atoms with Gasteiger partial charge in [-0.25, -0.2) is 0 Å². The normalized spacial score (nSPS) is 12.0. The van der Waals surface area contributed by atoms with Gasteiger partial charge in [-0.15, -0.1) is 0 Å². The zero-order valence-corrected chi connectivity index (χ0v) is 33.9. The van der Waals surface area contributed by atoms with E-state index in [-0.39, 0.29) is 0 Å². The smallest absolute Gasteiger partial charge is 0.136 e. The second-order valence-electron chi connectivity index (χ2n) is 15.4. The Morgan fingerprint density at radius 2 is 1.19 bits per heavy atom. The minimum absolute atomic E-state index is 0.770. The van der Waals surface area contributed by atoms with Crippen LogP contribution in [-0.4, -0.2) is 4.57 Å². The van der Waals surface area contributed by atoms with Crippen LogP contribution in [0.3, 0.4) is 0 Å². The van der Waals surface area contributed by atoms with E-state index in [4.69, 9.17) is 8.83 Å². The van der Waals surface area contributed by atoms with Crippen molar-refractivity contribution >= 4 is 95.4 Å². The third-order valence-electron chi connectivity index (χ3n) is 11.7. The fourth-order valence-corrected chi connectivity index (χ4v) is 8.90. The Balaban J connectivity index is 1.06. The standard InChI is InChI=1S/C58H40N2O2/c1-3-16-50(58-37-42-35-40-17-5-6-18-41(40)36-57(42)62-58)49-23-9-11-25-52(49)59(43-32-29-39(30-33-43)31-34-56-46(4-2)51-24-10-14-28-55(51)61-56)44-19-15-20-45(38-44)60-53-26-12-7-21-47(53)48-22-8-13-27-54(48)60/h3-38H,1-2H2/b34-31+,50-16-. The Hall–Kier alpha value is -8.34. The van der Waals surface area contributed by atoms with Gasteiger partial charge in [0.25, 0.3) is 0 Å². The van der Waals surface area contributed by atoms with Crippen LogP contribution in [0, 0.1) is 0 Å². The molecule has 294 valence electrons. The van der Waals surface area contributed by atoms with E-state index in [1.165, 1.54) is 16.2 Å². The van der Waals surface area contributed by atoms with Crippen molar-refractivity contribution in [1.29, 1.82) is 0 Å². The van der Waals surface area contributed by atoms with Crippen LogP contribution in [0.5, 0.6) is 0 Å². The van der Waals surface area contributed by atoms with Crippen molar-refractivity contribution in [3.63, 3.8) is 0 Å². The molecule has 8 aromatic carbocycles. The number of allylic oxidation sites excluding steroid dienone is 2. The molecule has 0 amide bonds. The lowest BCUT2D eigenvalue weighted by Gasteiger charge is -2.29. The van der Waals surface area contributed by atoms with Crippen molar-refractivity contribution in [2.24, 2.45) is 0 Å². The van der Waals surface area contributed by atoms with Gasteiger partial charge < -0.3 is 18.3 Å². The molecule has 0 aliphatic heterocycles. The van der Waals surface area contributed by atoms with E-state index in [0.717, 1.165) is 94.9 Å². The van der Waals surface area contributed by atoms with Crippen molar-refractivity contribution in [2.45, 2.75) is 0 Å². The minimum Gasteiger partial charge on any atom is -0.456 e. The number of hydrogen-bond acceptors (Lipinski definition) is 3. The SMILES string of the molecule is C=C/C=C(\c1cc2cc3ccccc3cc2o1)c1ccccc1N(c1ccc(/C=C/c2oc3ccccc3c2C=C)cc1)c1cccc(-n2c3ccccc3c3ccccc32)c1. The molecule has 0 spiro atoms. The lowest BCUT2D eigenvalue weighted by Crippen LogP contribution is -2.12. The molecule has 0 unspecified atom stereocenters. The zero-order valence-electron chi connectivity index (χ0n) is 33.9. The molecule has 0 N–H and O–H groups in total. The molecule has 0 saturated heterocycles. The van der Waals surface area contributed by atoms with E-state index in [2.05, 4.69) is 199 Å². The summed E-state index contributed by atoms with van der Waals surface area (Å²) in [5.74, 6) is 1.55. The summed E-state index contributed by atoms with van der Waals surface area (Å²) in [5.41, 5.74) is 12.0. The van der Waals surface area contributed by atoms with Crippen LogP contribution in [0.4, 0.5) is 17.1 Å². The number of hydrogen-bond donors (Lipinski definition) is 0. The highest BCUT2D eigenvalue weighted by Gasteiger charge is 2.22. The Morgan fingerprint density at radius 3 is 1.95 bits per heavy atom. The van der Waals surface area contributed by atoms with E-state index in [1.807, 2.05) is 42.5 Å². The van der Waals surface area contributed by atoms with Gasteiger partial charge in [0.15, 0.2) is 0 Å². The fraction of sp³-hybridized carbons (Fsp3) is 0. The quantitative estimate of drug-likeness (QED) is 0.129. The van der Waals surface area contributed by atoms with Crippen molar-refractivity contribution in [1.82, 2.24) is 4.57 Å². The predicted molar refractivity (Wildman–Crippen MR) is 262 cm³/mol. The van der Waals surface area contributed by atoms with Gasteiger partial charge in [-0.1, -0.05) is 153 Å². The lowest BCUT2D eigenvalue weighted by atomic mass is 9.98. The third-order valence-corrected chi connectivity index (χ3v) is 11.7. The molecule has 0 bridgehead atoms. The summed E-state index contributed by atoms with van der Waals surface area (Å²) in [7, 11) is 0. The topological polar surface area (TPSA) is 34.5 Å². The van der Waals surface area contributed by atoms with E-state index >= 15 is 0 Å². The van der Waals surface area contributed by atoms with Crippen LogP contribution >= 0.6 is 0 Å². The molecule has 0 fully saturated rings. The molecular weight excluding hydrogens is 757 g/mol. The monoisotopic (exact) mass is 796 g/mol. The molecule has 4 heteroatoms. The number of nitrogens with zero attached hydrogens (tertiary/aromatic N) is 2. The van der Waals surface area contributed by atoms with Crippen molar-refractivity contribution < 1.29 is 8.83 Å². The molecule has 0 atom stereocenters. The summed E-state index contributed by atoms with van der Waals surface area (Å²) in [6, 6.07) is 66.2. The van der Waals surface area contributed by atoms with E-state index in [1.54, 1.807) is 0 Å². The van der Waals surface area contributed by atoms with Crippen molar-refractivity contribution in [3.05, 3.63) is 242 Å². The second-order valence-corrected chi connectivity index (χ2v) is 15.4. The van der Waals surface area contributed by atoms with Crippen LogP contribution in [0.25, 0.3) is 84.0 Å². The van der Waals surface area contributed by atoms with Crippen LogP contribution in [0.1, 0.15) is 28.2 Å². The van der Waals surface area contributed by atoms with Crippen LogP contribution in [0.15, 0.2) is 222 Å². The van der Waals surface area contributed by atoms with Gasteiger partial charge in [-0.2, -0.15) is 0 Å². The number of fused-ring (bicyclic) bond motifs is 6. The van der Waals surface area contributed by atoms with E-state index < -0.39 is 0 Å². The molecule has 3 aromatic heterocycles. The van der Waals surface area contributed by atoms with Crippen LogP contribution in [-0.2, 0) is 0 Å². The minimum atomic E-state index is 0.770. The number of rotatable bonds is 10. The van der Waals surface area contributed by atoms with E-state index in [9.17, 15) is 0 Å². The summed E-state index contributed by atoms with van der Waals surface area (Å²) in [5, 5.41) is 6.86.